The summed E-state index contributed by atoms with van der Waals surface area (Å²) in [6, 6.07) is 8.40. The lowest BCUT2D eigenvalue weighted by Crippen LogP contribution is -2.55. The van der Waals surface area contributed by atoms with Crippen molar-refractivity contribution in [1.29, 1.82) is 0 Å². The third-order valence-electron chi connectivity index (χ3n) is 8.63. The molecule has 3 rings (SSSR count). The molecule has 1 N–H and O–H groups in total. The van der Waals surface area contributed by atoms with Gasteiger partial charge in [-0.3, -0.25) is 19.2 Å². The monoisotopic (exact) mass is 642 g/mol. The Kier molecular flexibility index (Phi) is 11.6. The average Bonchev–Trinajstić information content (AvgIpc) is 3.20. The molecule has 11 heteroatoms. The van der Waals surface area contributed by atoms with E-state index in [9.17, 15) is 29.1 Å². The van der Waals surface area contributed by atoms with Gasteiger partial charge in [0.05, 0.1) is 11.5 Å². The first-order chi connectivity index (χ1) is 21.4. The van der Waals surface area contributed by atoms with Crippen molar-refractivity contribution < 1.29 is 52.8 Å². The van der Waals surface area contributed by atoms with Crippen molar-refractivity contribution in [3.8, 4) is 0 Å². The minimum Gasteiger partial charge on any atom is -0.458 e. The van der Waals surface area contributed by atoms with Crippen LogP contribution >= 0.6 is 0 Å². The molecule has 0 aliphatic heterocycles. The second kappa shape index (κ2) is 14.6. The third-order valence-corrected chi connectivity index (χ3v) is 8.63. The van der Waals surface area contributed by atoms with E-state index in [0.717, 1.165) is 0 Å². The minimum atomic E-state index is -1.54. The lowest BCUT2D eigenvalue weighted by molar-refractivity contribution is -0.195. The molecule has 0 amide bonds. The van der Waals surface area contributed by atoms with Crippen molar-refractivity contribution in [1.82, 2.24) is 0 Å². The zero-order chi connectivity index (χ0) is 34.6. The van der Waals surface area contributed by atoms with Crippen LogP contribution in [-0.4, -0.2) is 71.1 Å². The lowest BCUT2D eigenvalue weighted by atomic mass is 9.74. The Labute approximate surface area is 270 Å². The molecule has 46 heavy (non-hydrogen) atoms. The van der Waals surface area contributed by atoms with Crippen molar-refractivity contribution in [2.24, 2.45) is 23.2 Å². The first kappa shape index (κ1) is 36.5. The lowest BCUT2D eigenvalue weighted by Gasteiger charge is -2.44. The topological polar surface area (TPSA) is 152 Å². The van der Waals surface area contributed by atoms with Crippen LogP contribution in [0.4, 0.5) is 0 Å². The van der Waals surface area contributed by atoms with E-state index in [1.54, 1.807) is 76.3 Å². The Morgan fingerprint density at radius 3 is 1.89 bits per heavy atom. The smallest absolute Gasteiger partial charge is 0.338 e. The summed E-state index contributed by atoms with van der Waals surface area (Å²) in [6.45, 7) is 13.6. The van der Waals surface area contributed by atoms with E-state index in [-0.39, 0.29) is 12.0 Å². The molecular weight excluding hydrogens is 596 g/mol. The number of hydrogen-bond donors (Lipinski definition) is 1. The highest BCUT2D eigenvalue weighted by Gasteiger charge is 2.62. The number of fused-ring (bicyclic) bond motifs is 1. The maximum absolute atomic E-state index is 13.4. The number of aliphatic hydroxyl groups is 1. The van der Waals surface area contributed by atoms with Crippen LogP contribution in [0.5, 0.6) is 0 Å². The van der Waals surface area contributed by atoms with E-state index in [0.29, 0.717) is 5.56 Å². The molecule has 0 spiro atoms. The van der Waals surface area contributed by atoms with Crippen LogP contribution in [0.15, 0.2) is 54.1 Å². The number of rotatable bonds is 6. The Morgan fingerprint density at radius 1 is 0.783 bits per heavy atom. The summed E-state index contributed by atoms with van der Waals surface area (Å²) < 4.78 is 29.5. The predicted molar refractivity (Wildman–Crippen MR) is 166 cm³/mol. The van der Waals surface area contributed by atoms with E-state index in [4.69, 9.17) is 23.7 Å². The minimum absolute atomic E-state index is 0.146. The van der Waals surface area contributed by atoms with Crippen molar-refractivity contribution in [3.05, 3.63) is 59.7 Å². The summed E-state index contributed by atoms with van der Waals surface area (Å²) in [6.07, 6.45) is -0.733. The highest BCUT2D eigenvalue weighted by atomic mass is 16.6. The fraction of sp³-hybridized carbons (Fsp3) is 0.571. The first-order valence-corrected chi connectivity index (χ1v) is 15.4. The molecule has 11 nitrogen and oxygen atoms in total. The summed E-state index contributed by atoms with van der Waals surface area (Å²) in [5.41, 5.74) is -2.00. The van der Waals surface area contributed by atoms with Gasteiger partial charge in [-0.15, -0.1) is 0 Å². The van der Waals surface area contributed by atoms with Gasteiger partial charge in [0.1, 0.15) is 24.4 Å². The fourth-order valence-corrected chi connectivity index (χ4v) is 6.69. The molecule has 1 fully saturated rings. The molecular formula is C35H46O11. The van der Waals surface area contributed by atoms with Crippen LogP contribution < -0.4 is 0 Å². The summed E-state index contributed by atoms with van der Waals surface area (Å²) in [5.74, 6) is -5.17. The summed E-state index contributed by atoms with van der Waals surface area (Å²) in [4.78, 5) is 63.4. The number of aliphatic hydroxyl groups excluding tert-OH is 1. The van der Waals surface area contributed by atoms with Crippen molar-refractivity contribution in [3.63, 3.8) is 0 Å². The maximum Gasteiger partial charge on any atom is 0.338 e. The van der Waals surface area contributed by atoms with Gasteiger partial charge >= 0.3 is 29.8 Å². The third kappa shape index (κ3) is 8.23. The first-order valence-electron chi connectivity index (χ1n) is 15.4. The average molecular weight is 643 g/mol. The molecule has 2 aliphatic rings. The molecule has 0 unspecified atom stereocenters. The summed E-state index contributed by atoms with van der Waals surface area (Å²) in [5, 5.41) is 11.8. The predicted octanol–water partition coefficient (Wildman–Crippen LogP) is 4.50. The molecule has 0 aromatic heterocycles. The van der Waals surface area contributed by atoms with Gasteiger partial charge in [0, 0.05) is 39.0 Å². The van der Waals surface area contributed by atoms with E-state index in [1.807, 2.05) is 6.92 Å². The van der Waals surface area contributed by atoms with Gasteiger partial charge < -0.3 is 28.8 Å². The van der Waals surface area contributed by atoms with Gasteiger partial charge in [-0.05, 0) is 37.0 Å². The molecule has 0 bridgehead atoms. The van der Waals surface area contributed by atoms with E-state index in [1.165, 1.54) is 27.7 Å². The van der Waals surface area contributed by atoms with Gasteiger partial charge in [-0.1, -0.05) is 64.1 Å². The second-order valence-corrected chi connectivity index (χ2v) is 13.0. The van der Waals surface area contributed by atoms with Gasteiger partial charge in [0.25, 0.3) is 0 Å². The Balaban J connectivity index is 2.34. The van der Waals surface area contributed by atoms with Gasteiger partial charge in [-0.2, -0.15) is 0 Å². The Hall–Kier alpha value is -3.99. The number of esters is 5. The van der Waals surface area contributed by atoms with Crippen LogP contribution in [0, 0.1) is 23.2 Å². The van der Waals surface area contributed by atoms with Crippen molar-refractivity contribution >= 4 is 29.8 Å². The molecule has 1 aromatic rings. The van der Waals surface area contributed by atoms with Crippen molar-refractivity contribution in [2.45, 2.75) is 105 Å². The standard InChI is InChI=1S/C35H46O11/c1-19-15-16-34(8,9)32(44-24(6)38)30(42-22(4)36)28(40)20(2)17-27-29(45-33(41)26-13-11-10-12-14-26)21(3)18-35(27,46-25(7)39)31(19)43-23(5)37/h10-17,19,21,27-32,40H,18H2,1-9H3/t19-,21+,27-,28-,29-,30-,31-,32+,35+/m0/s1. The number of hydrogen-bond acceptors (Lipinski definition) is 11. The molecule has 9 atom stereocenters. The molecule has 1 aromatic carbocycles. The van der Waals surface area contributed by atoms with Gasteiger partial charge in [0.15, 0.2) is 11.7 Å². The highest BCUT2D eigenvalue weighted by molar-refractivity contribution is 5.89. The molecule has 252 valence electrons. The number of carbonyl (C=O) groups excluding carboxylic acids is 5. The quantitative estimate of drug-likeness (QED) is 0.265. The van der Waals surface area contributed by atoms with E-state index >= 15 is 0 Å². The summed E-state index contributed by atoms with van der Waals surface area (Å²) >= 11 is 0. The SMILES string of the molecule is CC(=O)O[C@@H]1[C@@H](OC(C)=O)C(C)(C)C=C[C@H](C)[C@H](OC(C)=O)[C@@]2(OC(C)=O)C[C@@H](C)[C@H](OC(=O)c3ccccc3)[C@@H]2C=C(C)[C@@H]1O. The molecule has 1 saturated carbocycles. The van der Waals surface area contributed by atoms with Crippen LogP contribution in [0.1, 0.15) is 79.1 Å². The number of ether oxygens (including phenoxy) is 5. The number of benzene rings is 1. The summed E-state index contributed by atoms with van der Waals surface area (Å²) in [7, 11) is 0. The zero-order valence-electron chi connectivity index (χ0n) is 28.0. The molecule has 0 saturated heterocycles. The normalized spacial score (nSPS) is 32.3. The second-order valence-electron chi connectivity index (χ2n) is 13.0. The fourth-order valence-electron chi connectivity index (χ4n) is 6.69. The Morgan fingerprint density at radius 2 is 1.35 bits per heavy atom. The largest absolute Gasteiger partial charge is 0.458 e. The Bertz CT molecular complexity index is 1360. The van der Waals surface area contributed by atoms with Gasteiger partial charge in [0.2, 0.25) is 0 Å². The molecule has 0 heterocycles. The van der Waals surface area contributed by atoms with Crippen LogP contribution in [-0.2, 0) is 42.9 Å². The zero-order valence-corrected chi connectivity index (χ0v) is 28.0. The number of carbonyl (C=O) groups is 5. The van der Waals surface area contributed by atoms with Crippen LogP contribution in [0.2, 0.25) is 0 Å². The van der Waals surface area contributed by atoms with Gasteiger partial charge in [-0.25, -0.2) is 4.79 Å². The van der Waals surface area contributed by atoms with Crippen LogP contribution in [0.3, 0.4) is 0 Å². The highest BCUT2D eigenvalue weighted by Crippen LogP contribution is 2.51. The molecule has 2 aliphatic carbocycles. The van der Waals surface area contributed by atoms with E-state index in [2.05, 4.69) is 0 Å². The van der Waals surface area contributed by atoms with Crippen molar-refractivity contribution in [2.75, 3.05) is 0 Å². The molecule has 0 radical (unpaired) electrons. The maximum atomic E-state index is 13.4. The van der Waals surface area contributed by atoms with Crippen LogP contribution in [0.25, 0.3) is 0 Å². The van der Waals surface area contributed by atoms with E-state index < -0.39 is 89.1 Å².